The number of nitrogens with zero attached hydrogens (tertiary/aromatic N) is 2. The number of likely N-dealkylation sites (tertiary alicyclic amines) is 2. The summed E-state index contributed by atoms with van der Waals surface area (Å²) in [4.78, 5) is 18.1. The maximum Gasteiger partial charge on any atom is 0.232 e. The highest BCUT2D eigenvalue weighted by atomic mass is 32.2. The maximum atomic E-state index is 12.3. The summed E-state index contributed by atoms with van der Waals surface area (Å²) in [7, 11) is 0. The van der Waals surface area contributed by atoms with Crippen LogP contribution in [-0.4, -0.2) is 54.2 Å². The summed E-state index contributed by atoms with van der Waals surface area (Å²) in [6.07, 6.45) is 3.88. The SMILES string of the molecule is O=C(CSc1ccccc1)N1CC[C@H](CN2CCCC2)C1. The second-order valence-electron chi connectivity index (χ2n) is 6.10. The lowest BCUT2D eigenvalue weighted by Gasteiger charge is -2.20. The van der Waals surface area contributed by atoms with Gasteiger partial charge in [0.25, 0.3) is 0 Å². The maximum absolute atomic E-state index is 12.3. The van der Waals surface area contributed by atoms with Gasteiger partial charge < -0.3 is 9.80 Å². The van der Waals surface area contributed by atoms with Crippen LogP contribution in [0.3, 0.4) is 0 Å². The van der Waals surface area contributed by atoms with Crippen LogP contribution in [-0.2, 0) is 4.79 Å². The zero-order valence-corrected chi connectivity index (χ0v) is 13.4. The first-order chi connectivity index (χ1) is 10.3. The quantitative estimate of drug-likeness (QED) is 0.782. The van der Waals surface area contributed by atoms with Crippen molar-refractivity contribution in [3.05, 3.63) is 30.3 Å². The molecule has 2 aliphatic rings. The lowest BCUT2D eigenvalue weighted by atomic mass is 10.1. The molecule has 0 saturated carbocycles. The fourth-order valence-corrected chi connectivity index (χ4v) is 4.11. The van der Waals surface area contributed by atoms with Crippen LogP contribution < -0.4 is 0 Å². The van der Waals surface area contributed by atoms with Crippen LogP contribution in [0.2, 0.25) is 0 Å². The van der Waals surface area contributed by atoms with E-state index in [1.165, 1.54) is 43.8 Å². The molecule has 0 radical (unpaired) electrons. The molecule has 1 aromatic rings. The topological polar surface area (TPSA) is 23.6 Å². The van der Waals surface area contributed by atoms with Crippen LogP contribution in [0.5, 0.6) is 0 Å². The van der Waals surface area contributed by atoms with Gasteiger partial charge in [0.2, 0.25) is 5.91 Å². The van der Waals surface area contributed by atoms with Crippen molar-refractivity contribution in [2.24, 2.45) is 5.92 Å². The predicted molar refractivity (Wildman–Crippen MR) is 87.5 cm³/mol. The van der Waals surface area contributed by atoms with E-state index in [1.54, 1.807) is 11.8 Å². The molecule has 2 saturated heterocycles. The fraction of sp³-hybridized carbons (Fsp3) is 0.588. The summed E-state index contributed by atoms with van der Waals surface area (Å²) in [5, 5.41) is 0. The van der Waals surface area contributed by atoms with Crippen LogP contribution in [0.15, 0.2) is 35.2 Å². The molecule has 0 aromatic heterocycles. The van der Waals surface area contributed by atoms with Crippen molar-refractivity contribution in [1.29, 1.82) is 0 Å². The predicted octanol–water partition coefficient (Wildman–Crippen LogP) is 2.72. The molecule has 2 aliphatic heterocycles. The van der Waals surface area contributed by atoms with E-state index in [2.05, 4.69) is 21.9 Å². The largest absolute Gasteiger partial charge is 0.342 e. The number of hydrogen-bond donors (Lipinski definition) is 0. The van der Waals surface area contributed by atoms with Crippen LogP contribution in [0.1, 0.15) is 19.3 Å². The second kappa shape index (κ2) is 7.32. The van der Waals surface area contributed by atoms with Crippen molar-refractivity contribution in [3.63, 3.8) is 0 Å². The molecule has 0 bridgehead atoms. The van der Waals surface area contributed by atoms with Crippen molar-refractivity contribution in [2.45, 2.75) is 24.2 Å². The highest BCUT2D eigenvalue weighted by Gasteiger charge is 2.28. The van der Waals surface area contributed by atoms with E-state index in [0.29, 0.717) is 17.6 Å². The van der Waals surface area contributed by atoms with Gasteiger partial charge in [-0.05, 0) is 50.4 Å². The zero-order valence-electron chi connectivity index (χ0n) is 12.5. The van der Waals surface area contributed by atoms with E-state index in [0.717, 1.165) is 13.1 Å². The Morgan fingerprint density at radius 1 is 1.14 bits per heavy atom. The minimum Gasteiger partial charge on any atom is -0.342 e. The summed E-state index contributed by atoms with van der Waals surface area (Å²) >= 11 is 1.65. The Kier molecular flexibility index (Phi) is 5.20. The second-order valence-corrected chi connectivity index (χ2v) is 7.15. The molecule has 0 unspecified atom stereocenters. The normalized spacial score (nSPS) is 22.9. The zero-order chi connectivity index (χ0) is 14.5. The summed E-state index contributed by atoms with van der Waals surface area (Å²) in [5.74, 6) is 1.56. The van der Waals surface area contributed by atoms with Gasteiger partial charge in [0.15, 0.2) is 0 Å². The average Bonchev–Trinajstić information content (AvgIpc) is 3.18. The Labute approximate surface area is 131 Å². The third kappa shape index (κ3) is 4.24. The molecule has 2 heterocycles. The number of benzene rings is 1. The van der Waals surface area contributed by atoms with E-state index in [1.807, 2.05) is 18.2 Å². The molecule has 0 aliphatic carbocycles. The lowest BCUT2D eigenvalue weighted by molar-refractivity contribution is -0.127. The van der Waals surface area contributed by atoms with E-state index < -0.39 is 0 Å². The third-order valence-corrected chi connectivity index (χ3v) is 5.46. The molecule has 4 heteroatoms. The summed E-state index contributed by atoms with van der Waals surface area (Å²) < 4.78 is 0. The van der Waals surface area contributed by atoms with Gasteiger partial charge in [-0.3, -0.25) is 4.79 Å². The highest BCUT2D eigenvalue weighted by Crippen LogP contribution is 2.22. The number of carbonyl (C=O) groups is 1. The first kappa shape index (κ1) is 14.9. The molecule has 2 fully saturated rings. The van der Waals surface area contributed by atoms with E-state index in [4.69, 9.17) is 0 Å². The molecule has 0 N–H and O–H groups in total. The minimum absolute atomic E-state index is 0.299. The van der Waals surface area contributed by atoms with Gasteiger partial charge in [-0.2, -0.15) is 0 Å². The van der Waals surface area contributed by atoms with E-state index in [-0.39, 0.29) is 0 Å². The molecule has 1 atom stereocenters. The fourth-order valence-electron chi connectivity index (χ4n) is 3.29. The number of thioether (sulfide) groups is 1. The summed E-state index contributed by atoms with van der Waals surface area (Å²) in [6, 6.07) is 10.2. The minimum atomic E-state index is 0.299. The number of rotatable bonds is 5. The van der Waals surface area contributed by atoms with Gasteiger partial charge in [-0.1, -0.05) is 18.2 Å². The Balaban J connectivity index is 1.41. The monoisotopic (exact) mass is 304 g/mol. The van der Waals surface area contributed by atoms with Gasteiger partial charge in [-0.25, -0.2) is 0 Å². The molecular formula is C17H24N2OS. The van der Waals surface area contributed by atoms with Crippen molar-refractivity contribution >= 4 is 17.7 Å². The number of hydrogen-bond acceptors (Lipinski definition) is 3. The molecule has 3 nitrogen and oxygen atoms in total. The highest BCUT2D eigenvalue weighted by molar-refractivity contribution is 8.00. The van der Waals surface area contributed by atoms with Crippen LogP contribution in [0, 0.1) is 5.92 Å². The van der Waals surface area contributed by atoms with Crippen LogP contribution in [0.25, 0.3) is 0 Å². The third-order valence-electron chi connectivity index (χ3n) is 4.46. The lowest BCUT2D eigenvalue weighted by Crippen LogP contribution is -2.32. The first-order valence-corrected chi connectivity index (χ1v) is 8.98. The summed E-state index contributed by atoms with van der Waals surface area (Å²) in [5.41, 5.74) is 0. The van der Waals surface area contributed by atoms with E-state index in [9.17, 15) is 4.79 Å². The first-order valence-electron chi connectivity index (χ1n) is 7.99. The Hall–Kier alpha value is -1.00. The van der Waals surface area contributed by atoms with Gasteiger partial charge in [-0.15, -0.1) is 11.8 Å². The van der Waals surface area contributed by atoms with E-state index >= 15 is 0 Å². The molecule has 114 valence electrons. The number of amides is 1. The molecule has 1 amide bonds. The van der Waals surface area contributed by atoms with Crippen molar-refractivity contribution in [3.8, 4) is 0 Å². The van der Waals surface area contributed by atoms with Crippen molar-refractivity contribution < 1.29 is 4.79 Å². The Morgan fingerprint density at radius 2 is 1.90 bits per heavy atom. The standard InChI is InChI=1S/C17H24N2OS/c20-17(14-21-16-6-2-1-3-7-16)19-11-8-15(13-19)12-18-9-4-5-10-18/h1-3,6-7,15H,4-5,8-14H2/t15-/m1/s1. The molecule has 3 rings (SSSR count). The number of carbonyl (C=O) groups excluding carboxylic acids is 1. The molecular weight excluding hydrogens is 280 g/mol. The molecule has 21 heavy (non-hydrogen) atoms. The van der Waals surface area contributed by atoms with Crippen molar-refractivity contribution in [2.75, 3.05) is 38.5 Å². The smallest absolute Gasteiger partial charge is 0.232 e. The van der Waals surface area contributed by atoms with Gasteiger partial charge in [0, 0.05) is 24.5 Å². The Morgan fingerprint density at radius 3 is 2.67 bits per heavy atom. The molecule has 0 spiro atoms. The van der Waals surface area contributed by atoms with Crippen LogP contribution in [0.4, 0.5) is 0 Å². The van der Waals surface area contributed by atoms with Crippen molar-refractivity contribution in [1.82, 2.24) is 9.80 Å². The van der Waals surface area contributed by atoms with Crippen LogP contribution >= 0.6 is 11.8 Å². The van der Waals surface area contributed by atoms with Gasteiger partial charge >= 0.3 is 0 Å². The Bertz CT molecular complexity index is 459. The van der Waals surface area contributed by atoms with Gasteiger partial charge in [0.05, 0.1) is 5.75 Å². The van der Waals surface area contributed by atoms with Gasteiger partial charge in [0.1, 0.15) is 0 Å². The summed E-state index contributed by atoms with van der Waals surface area (Å²) in [6.45, 7) is 5.62. The average molecular weight is 304 g/mol. The molecule has 1 aromatic carbocycles.